The Kier molecular flexibility index (Phi) is 2.42. The third-order valence-corrected chi connectivity index (χ3v) is 2.76. The first-order chi connectivity index (χ1) is 7.18. The summed E-state index contributed by atoms with van der Waals surface area (Å²) in [6.07, 6.45) is 3.13. The number of rotatable bonds is 1. The summed E-state index contributed by atoms with van der Waals surface area (Å²) in [5.41, 5.74) is -0.976. The topological polar surface area (TPSA) is 39.2 Å². The van der Waals surface area contributed by atoms with Crippen LogP contribution in [0.3, 0.4) is 0 Å². The summed E-state index contributed by atoms with van der Waals surface area (Å²) in [7, 11) is 1.20. The van der Waals surface area contributed by atoms with Crippen molar-refractivity contribution in [1.29, 1.82) is 0 Å². The summed E-state index contributed by atoms with van der Waals surface area (Å²) in [5, 5.41) is 0. The van der Waals surface area contributed by atoms with Crippen LogP contribution in [0.4, 0.5) is 4.39 Å². The van der Waals surface area contributed by atoms with E-state index in [9.17, 15) is 9.18 Å². The molecule has 0 N–H and O–H groups in total. The third kappa shape index (κ3) is 1.50. The SMILES string of the molecule is COC(=O)[C@@]1(F)CCCc2ncccc21. The lowest BCUT2D eigenvalue weighted by Gasteiger charge is -2.28. The van der Waals surface area contributed by atoms with E-state index in [1.165, 1.54) is 7.11 Å². The molecule has 0 bridgehead atoms. The second kappa shape index (κ2) is 3.61. The number of esters is 1. The van der Waals surface area contributed by atoms with Crippen molar-refractivity contribution in [3.63, 3.8) is 0 Å². The molecule has 1 aliphatic rings. The fraction of sp³-hybridized carbons (Fsp3) is 0.455. The Bertz CT molecular complexity index is 394. The second-order valence-electron chi connectivity index (χ2n) is 3.64. The van der Waals surface area contributed by atoms with Gasteiger partial charge >= 0.3 is 5.97 Å². The fourth-order valence-corrected chi connectivity index (χ4v) is 2.01. The van der Waals surface area contributed by atoms with E-state index in [4.69, 9.17) is 0 Å². The summed E-state index contributed by atoms with van der Waals surface area (Å²) in [5.74, 6) is -0.823. The van der Waals surface area contributed by atoms with Crippen LogP contribution in [-0.4, -0.2) is 18.1 Å². The number of halogens is 1. The van der Waals surface area contributed by atoms with E-state index in [2.05, 4.69) is 9.72 Å². The highest BCUT2D eigenvalue weighted by Crippen LogP contribution is 2.38. The van der Waals surface area contributed by atoms with E-state index >= 15 is 0 Å². The normalized spacial score (nSPS) is 24.4. The summed E-state index contributed by atoms with van der Waals surface area (Å²) in [4.78, 5) is 15.5. The predicted molar refractivity (Wildman–Crippen MR) is 52.0 cm³/mol. The number of hydrogen-bond acceptors (Lipinski definition) is 3. The largest absolute Gasteiger partial charge is 0.466 e. The van der Waals surface area contributed by atoms with Gasteiger partial charge in [0, 0.05) is 17.5 Å². The summed E-state index contributed by atoms with van der Waals surface area (Å²) >= 11 is 0. The lowest BCUT2D eigenvalue weighted by Crippen LogP contribution is -2.36. The highest BCUT2D eigenvalue weighted by Gasteiger charge is 2.45. The van der Waals surface area contributed by atoms with Crippen LogP contribution >= 0.6 is 0 Å². The molecule has 4 heteroatoms. The lowest BCUT2D eigenvalue weighted by molar-refractivity contribution is -0.156. The molecule has 80 valence electrons. The van der Waals surface area contributed by atoms with Gasteiger partial charge in [-0.05, 0) is 25.3 Å². The highest BCUT2D eigenvalue weighted by atomic mass is 19.1. The van der Waals surface area contributed by atoms with Gasteiger partial charge in [0.05, 0.1) is 7.11 Å². The number of nitrogens with zero attached hydrogens (tertiary/aromatic N) is 1. The predicted octanol–water partition coefficient (Wildman–Crippen LogP) is 1.76. The minimum atomic E-state index is -2.00. The molecule has 0 saturated carbocycles. The highest BCUT2D eigenvalue weighted by molar-refractivity contribution is 5.81. The van der Waals surface area contributed by atoms with E-state index in [1.807, 2.05) is 0 Å². The number of fused-ring (bicyclic) bond motifs is 1. The summed E-state index contributed by atoms with van der Waals surface area (Å²) < 4.78 is 19.0. The standard InChI is InChI=1S/C11H12FNO2/c1-15-10(14)11(12)6-2-5-9-8(11)4-3-7-13-9/h3-4,7H,2,5-6H2,1H3/t11-/m1/s1. The van der Waals surface area contributed by atoms with Gasteiger partial charge in [0.1, 0.15) is 0 Å². The number of carbonyl (C=O) groups excluding carboxylic acids is 1. The molecule has 0 unspecified atom stereocenters. The van der Waals surface area contributed by atoms with E-state index in [0.717, 1.165) is 6.42 Å². The van der Waals surface area contributed by atoms with Crippen molar-refractivity contribution < 1.29 is 13.9 Å². The Morgan fingerprint density at radius 3 is 3.20 bits per heavy atom. The Labute approximate surface area is 87.3 Å². The fourth-order valence-electron chi connectivity index (χ4n) is 2.01. The molecular formula is C11H12FNO2. The lowest BCUT2D eigenvalue weighted by atomic mass is 9.83. The smallest absolute Gasteiger partial charge is 0.348 e. The van der Waals surface area contributed by atoms with Crippen molar-refractivity contribution in [3.05, 3.63) is 29.6 Å². The Morgan fingerprint density at radius 1 is 1.67 bits per heavy atom. The Morgan fingerprint density at radius 2 is 2.47 bits per heavy atom. The molecule has 0 aromatic carbocycles. The third-order valence-electron chi connectivity index (χ3n) is 2.76. The number of methoxy groups -OCH3 is 1. The molecule has 1 aromatic rings. The second-order valence-corrected chi connectivity index (χ2v) is 3.64. The van der Waals surface area contributed by atoms with Crippen molar-refractivity contribution >= 4 is 5.97 Å². The van der Waals surface area contributed by atoms with Crippen LogP contribution in [0.1, 0.15) is 24.1 Å². The molecule has 0 amide bonds. The number of pyridine rings is 1. The van der Waals surface area contributed by atoms with Crippen LogP contribution in [0, 0.1) is 0 Å². The first kappa shape index (κ1) is 10.1. The number of ether oxygens (including phenoxy) is 1. The maximum Gasteiger partial charge on any atom is 0.348 e. The average molecular weight is 209 g/mol. The van der Waals surface area contributed by atoms with Crippen LogP contribution < -0.4 is 0 Å². The number of alkyl halides is 1. The Hall–Kier alpha value is -1.45. The summed E-state index contributed by atoms with van der Waals surface area (Å²) in [6, 6.07) is 3.25. The van der Waals surface area contributed by atoms with Crippen molar-refractivity contribution in [2.45, 2.75) is 24.9 Å². The monoisotopic (exact) mass is 209 g/mol. The molecule has 0 aliphatic heterocycles. The molecule has 15 heavy (non-hydrogen) atoms. The number of hydrogen-bond donors (Lipinski definition) is 0. The van der Waals surface area contributed by atoms with Gasteiger partial charge < -0.3 is 4.74 Å². The average Bonchev–Trinajstić information content (AvgIpc) is 2.28. The molecule has 0 radical (unpaired) electrons. The van der Waals surface area contributed by atoms with Crippen LogP contribution in [0.2, 0.25) is 0 Å². The minimum absolute atomic E-state index is 0.179. The van der Waals surface area contributed by atoms with Crippen LogP contribution in [0.5, 0.6) is 0 Å². The molecule has 1 aliphatic carbocycles. The van der Waals surface area contributed by atoms with E-state index in [0.29, 0.717) is 17.7 Å². The maximum atomic E-state index is 14.4. The zero-order chi connectivity index (χ0) is 10.9. The molecule has 3 nitrogen and oxygen atoms in total. The van der Waals surface area contributed by atoms with Crippen molar-refractivity contribution in [2.24, 2.45) is 0 Å². The molecule has 0 saturated heterocycles. The molecule has 2 rings (SSSR count). The minimum Gasteiger partial charge on any atom is -0.466 e. The van der Waals surface area contributed by atoms with Gasteiger partial charge in [-0.2, -0.15) is 0 Å². The van der Waals surface area contributed by atoms with Gasteiger partial charge in [-0.3, -0.25) is 4.98 Å². The van der Waals surface area contributed by atoms with E-state index in [-0.39, 0.29) is 6.42 Å². The number of carbonyl (C=O) groups is 1. The molecular weight excluding hydrogens is 197 g/mol. The van der Waals surface area contributed by atoms with Gasteiger partial charge in [-0.15, -0.1) is 0 Å². The number of aryl methyl sites for hydroxylation is 1. The maximum absolute atomic E-state index is 14.4. The first-order valence-electron chi connectivity index (χ1n) is 4.90. The van der Waals surface area contributed by atoms with Crippen LogP contribution in [-0.2, 0) is 21.6 Å². The molecule has 0 fully saturated rings. The van der Waals surface area contributed by atoms with Gasteiger partial charge in [-0.1, -0.05) is 6.07 Å². The first-order valence-corrected chi connectivity index (χ1v) is 4.90. The van der Waals surface area contributed by atoms with Crippen LogP contribution in [0.25, 0.3) is 0 Å². The molecule has 1 atom stereocenters. The molecule has 1 aromatic heterocycles. The summed E-state index contributed by atoms with van der Waals surface area (Å²) in [6.45, 7) is 0. The molecule has 1 heterocycles. The quantitative estimate of drug-likeness (QED) is 0.661. The Balaban J connectivity index is 2.49. The number of aromatic nitrogens is 1. The van der Waals surface area contributed by atoms with Gasteiger partial charge in [0.25, 0.3) is 0 Å². The van der Waals surface area contributed by atoms with E-state index in [1.54, 1.807) is 18.3 Å². The zero-order valence-corrected chi connectivity index (χ0v) is 8.50. The van der Waals surface area contributed by atoms with Crippen molar-refractivity contribution in [1.82, 2.24) is 4.98 Å². The van der Waals surface area contributed by atoms with Crippen molar-refractivity contribution in [2.75, 3.05) is 7.11 Å². The zero-order valence-electron chi connectivity index (χ0n) is 8.50. The van der Waals surface area contributed by atoms with Crippen molar-refractivity contribution in [3.8, 4) is 0 Å². The van der Waals surface area contributed by atoms with Gasteiger partial charge in [0.2, 0.25) is 5.67 Å². The molecule has 0 spiro atoms. The van der Waals surface area contributed by atoms with Crippen LogP contribution in [0.15, 0.2) is 18.3 Å². The van der Waals surface area contributed by atoms with Gasteiger partial charge in [-0.25, -0.2) is 9.18 Å². The van der Waals surface area contributed by atoms with Gasteiger partial charge in [0.15, 0.2) is 0 Å². The van der Waals surface area contributed by atoms with E-state index < -0.39 is 11.6 Å².